The van der Waals surface area contributed by atoms with Crippen LogP contribution in [0.25, 0.3) is 21.9 Å². The Hall–Kier alpha value is -3.72. The molecule has 4 aromatic carbocycles. The summed E-state index contributed by atoms with van der Waals surface area (Å²) in [5.74, 6) is -1.82. The first kappa shape index (κ1) is 20.5. The Labute approximate surface area is 173 Å². The second kappa shape index (κ2) is 7.84. The van der Waals surface area contributed by atoms with E-state index in [4.69, 9.17) is 0 Å². The standard InChI is InChI=1S/C25H12F6/c1-13-2-4-15(19(26)8-13)5-3-14-9-20(27)23(21(28)10-14)16-6-7-18-17(11-16)12-22(29)25(31)24(18)30/h2,4,6-12H,1H3. The van der Waals surface area contributed by atoms with Crippen molar-refractivity contribution in [2.75, 3.05) is 0 Å². The van der Waals surface area contributed by atoms with Gasteiger partial charge in [-0.2, -0.15) is 0 Å². The van der Waals surface area contributed by atoms with E-state index in [1.54, 1.807) is 13.0 Å². The molecule has 4 aromatic rings. The molecule has 6 heteroatoms. The zero-order chi connectivity index (χ0) is 22.3. The lowest BCUT2D eigenvalue weighted by atomic mass is 9.98. The zero-order valence-electron chi connectivity index (χ0n) is 16.0. The van der Waals surface area contributed by atoms with Gasteiger partial charge in [0.1, 0.15) is 17.5 Å². The van der Waals surface area contributed by atoms with Gasteiger partial charge in [-0.05, 0) is 59.8 Å². The minimum atomic E-state index is -1.62. The maximum atomic E-state index is 14.7. The summed E-state index contributed by atoms with van der Waals surface area (Å²) < 4.78 is 84.0. The molecule has 4 rings (SSSR count). The van der Waals surface area contributed by atoms with Crippen molar-refractivity contribution in [1.82, 2.24) is 0 Å². The Morgan fingerprint density at radius 2 is 1.32 bits per heavy atom. The van der Waals surface area contributed by atoms with Gasteiger partial charge in [0.05, 0.1) is 11.1 Å². The summed E-state index contributed by atoms with van der Waals surface area (Å²) in [6.45, 7) is 1.72. The molecule has 154 valence electrons. The van der Waals surface area contributed by atoms with Crippen LogP contribution in [0.3, 0.4) is 0 Å². The molecule has 0 fully saturated rings. The van der Waals surface area contributed by atoms with Gasteiger partial charge < -0.3 is 0 Å². The number of halogens is 6. The molecule has 0 unspecified atom stereocenters. The third kappa shape index (κ3) is 3.87. The van der Waals surface area contributed by atoms with E-state index in [2.05, 4.69) is 11.8 Å². The summed E-state index contributed by atoms with van der Waals surface area (Å²) in [7, 11) is 0. The number of rotatable bonds is 1. The fourth-order valence-electron chi connectivity index (χ4n) is 3.24. The third-order valence-corrected chi connectivity index (χ3v) is 4.77. The number of hydrogen-bond donors (Lipinski definition) is 0. The number of fused-ring (bicyclic) bond motifs is 1. The van der Waals surface area contributed by atoms with E-state index in [1.165, 1.54) is 18.2 Å². The first-order valence-corrected chi connectivity index (χ1v) is 9.09. The van der Waals surface area contributed by atoms with Gasteiger partial charge in [-0.15, -0.1) is 0 Å². The van der Waals surface area contributed by atoms with Crippen LogP contribution >= 0.6 is 0 Å². The van der Waals surface area contributed by atoms with Crippen molar-refractivity contribution in [3.05, 3.63) is 106 Å². The van der Waals surface area contributed by atoms with Crippen LogP contribution in [-0.2, 0) is 0 Å². The summed E-state index contributed by atoms with van der Waals surface area (Å²) in [6, 6.07) is 10.6. The van der Waals surface area contributed by atoms with Gasteiger partial charge in [-0.1, -0.05) is 30.0 Å². The lowest BCUT2D eigenvalue weighted by Crippen LogP contribution is -1.95. The predicted molar refractivity (Wildman–Crippen MR) is 106 cm³/mol. The number of aryl methyl sites for hydroxylation is 1. The molecule has 0 radical (unpaired) electrons. The molecule has 0 N–H and O–H groups in total. The molecule has 0 nitrogen and oxygen atoms in total. The van der Waals surface area contributed by atoms with Gasteiger partial charge in [0.15, 0.2) is 17.5 Å². The smallest absolute Gasteiger partial charge is 0.195 e. The molecule has 0 saturated heterocycles. The highest BCUT2D eigenvalue weighted by Crippen LogP contribution is 2.32. The lowest BCUT2D eigenvalue weighted by molar-refractivity contribution is 0.453. The summed E-state index contributed by atoms with van der Waals surface area (Å²) in [6.07, 6.45) is 0. The van der Waals surface area contributed by atoms with Crippen LogP contribution in [0.1, 0.15) is 16.7 Å². The van der Waals surface area contributed by atoms with Gasteiger partial charge in [-0.25, -0.2) is 26.3 Å². The van der Waals surface area contributed by atoms with Gasteiger partial charge in [0.25, 0.3) is 0 Å². The Kier molecular flexibility index (Phi) is 5.20. The van der Waals surface area contributed by atoms with E-state index in [0.717, 1.165) is 30.3 Å². The van der Waals surface area contributed by atoms with E-state index >= 15 is 0 Å². The molecule has 0 aromatic heterocycles. The molecule has 0 aliphatic carbocycles. The van der Waals surface area contributed by atoms with E-state index < -0.39 is 40.5 Å². The molecule has 0 saturated carbocycles. The van der Waals surface area contributed by atoms with E-state index in [9.17, 15) is 26.3 Å². The normalized spacial score (nSPS) is 10.8. The van der Waals surface area contributed by atoms with E-state index in [1.807, 2.05) is 0 Å². The first-order chi connectivity index (χ1) is 14.7. The maximum Gasteiger partial charge on any atom is 0.195 e. The molecule has 0 spiro atoms. The SMILES string of the molecule is Cc1ccc(C#Cc2cc(F)c(-c3ccc4c(F)c(F)c(F)cc4c3)c(F)c2)c(F)c1. The lowest BCUT2D eigenvalue weighted by Gasteiger charge is -2.09. The van der Waals surface area contributed by atoms with Crippen LogP contribution in [0.2, 0.25) is 0 Å². The first-order valence-electron chi connectivity index (χ1n) is 9.09. The molecular weight excluding hydrogens is 414 g/mol. The molecule has 31 heavy (non-hydrogen) atoms. The van der Waals surface area contributed by atoms with Crippen LogP contribution in [0.4, 0.5) is 26.3 Å². The second-order valence-corrected chi connectivity index (χ2v) is 6.97. The van der Waals surface area contributed by atoms with Crippen LogP contribution in [0.15, 0.2) is 54.6 Å². The second-order valence-electron chi connectivity index (χ2n) is 6.97. The monoisotopic (exact) mass is 426 g/mol. The quantitative estimate of drug-likeness (QED) is 0.174. The van der Waals surface area contributed by atoms with Crippen molar-refractivity contribution < 1.29 is 26.3 Å². The van der Waals surface area contributed by atoms with Crippen LogP contribution in [0.5, 0.6) is 0 Å². The summed E-state index contributed by atoms with van der Waals surface area (Å²) in [4.78, 5) is 0. The predicted octanol–water partition coefficient (Wildman–Crippen LogP) is 7.05. The van der Waals surface area contributed by atoms with E-state index in [0.29, 0.717) is 5.56 Å². The minimum absolute atomic E-state index is 0.0111. The summed E-state index contributed by atoms with van der Waals surface area (Å²) in [5.41, 5.74) is 0.360. The van der Waals surface area contributed by atoms with Crippen molar-refractivity contribution >= 4 is 10.8 Å². The highest BCUT2D eigenvalue weighted by Gasteiger charge is 2.17. The highest BCUT2D eigenvalue weighted by atomic mass is 19.2. The number of hydrogen-bond acceptors (Lipinski definition) is 0. The molecule has 0 heterocycles. The van der Waals surface area contributed by atoms with Crippen LogP contribution in [0, 0.1) is 53.7 Å². The summed E-state index contributed by atoms with van der Waals surface area (Å²) in [5, 5.41) is -0.266. The largest absolute Gasteiger partial charge is 0.206 e. The molecular formula is C25H12F6. The van der Waals surface area contributed by atoms with Crippen molar-refractivity contribution in [2.45, 2.75) is 6.92 Å². The number of benzene rings is 4. The molecule has 0 aliphatic heterocycles. The van der Waals surface area contributed by atoms with Crippen LogP contribution < -0.4 is 0 Å². The molecule has 0 atom stereocenters. The van der Waals surface area contributed by atoms with Gasteiger partial charge >= 0.3 is 0 Å². The average Bonchev–Trinajstić information content (AvgIpc) is 2.71. The van der Waals surface area contributed by atoms with Crippen molar-refractivity contribution in [1.29, 1.82) is 0 Å². The van der Waals surface area contributed by atoms with Crippen molar-refractivity contribution in [3.8, 4) is 23.0 Å². The van der Waals surface area contributed by atoms with E-state index in [-0.39, 0.29) is 27.5 Å². The van der Waals surface area contributed by atoms with Gasteiger partial charge in [-0.3, -0.25) is 0 Å². The maximum absolute atomic E-state index is 14.7. The fraction of sp³-hybridized carbons (Fsp3) is 0.0400. The van der Waals surface area contributed by atoms with Crippen LogP contribution in [-0.4, -0.2) is 0 Å². The van der Waals surface area contributed by atoms with Gasteiger partial charge in [0, 0.05) is 10.9 Å². The van der Waals surface area contributed by atoms with Gasteiger partial charge in [0.2, 0.25) is 0 Å². The Morgan fingerprint density at radius 3 is 2.00 bits per heavy atom. The Balaban J connectivity index is 1.76. The Morgan fingerprint density at radius 1 is 0.613 bits per heavy atom. The molecule has 0 aliphatic rings. The summed E-state index contributed by atoms with van der Waals surface area (Å²) >= 11 is 0. The van der Waals surface area contributed by atoms with Crippen molar-refractivity contribution in [3.63, 3.8) is 0 Å². The molecule has 0 bridgehead atoms. The zero-order valence-corrected chi connectivity index (χ0v) is 16.0. The minimum Gasteiger partial charge on any atom is -0.206 e. The van der Waals surface area contributed by atoms with Crippen molar-refractivity contribution in [2.24, 2.45) is 0 Å². The average molecular weight is 426 g/mol. The third-order valence-electron chi connectivity index (χ3n) is 4.77. The molecule has 0 amide bonds. The topological polar surface area (TPSA) is 0 Å². The fourth-order valence-corrected chi connectivity index (χ4v) is 3.24. The Bertz CT molecular complexity index is 1390. The highest BCUT2D eigenvalue weighted by molar-refractivity contribution is 5.88.